The fourth-order valence-corrected chi connectivity index (χ4v) is 9.53. The maximum Gasteiger partial charge on any atom is 0.160 e. The van der Waals surface area contributed by atoms with Gasteiger partial charge in [0.25, 0.3) is 0 Å². The zero-order valence-corrected chi connectivity index (χ0v) is 25.9. The summed E-state index contributed by atoms with van der Waals surface area (Å²) in [6.45, 7) is 0. The van der Waals surface area contributed by atoms with Crippen molar-refractivity contribution in [1.29, 1.82) is 0 Å². The monoisotopic (exact) mass is 657 g/mol. The Balaban J connectivity index is 1.23. The maximum absolute atomic E-state index is 11.1. The fraction of sp³-hybridized carbons (Fsp3) is 0.0312. The van der Waals surface area contributed by atoms with Crippen LogP contribution in [0, 0.1) is 0 Å². The number of carbonyl (C=O) groups is 1. The van der Waals surface area contributed by atoms with Gasteiger partial charge >= 0.3 is 0 Å². The average Bonchev–Trinajstić information content (AvgIpc) is 3.75. The molecule has 7 rings (SSSR count). The summed E-state index contributed by atoms with van der Waals surface area (Å²) >= 11 is 10.3. The van der Waals surface area contributed by atoms with E-state index >= 15 is 0 Å². The van der Waals surface area contributed by atoms with Crippen molar-refractivity contribution in [2.45, 2.75) is 0 Å². The number of hydrogen-bond acceptors (Lipinski definition) is 7. The number of nitrogens with zero attached hydrogens (tertiary/aromatic N) is 1. The number of benzene rings is 3. The number of anilines is 3. The van der Waals surface area contributed by atoms with Gasteiger partial charge in [0.05, 0.1) is 16.7 Å². The molecule has 0 saturated carbocycles. The molecule has 0 radical (unpaired) electrons. The lowest BCUT2D eigenvalue weighted by atomic mass is 10.1. The molecule has 8 heteroatoms. The van der Waals surface area contributed by atoms with Gasteiger partial charge in [0, 0.05) is 50.8 Å². The number of aldehydes is 1. The van der Waals surface area contributed by atoms with Crippen molar-refractivity contribution in [1.82, 2.24) is 0 Å². The van der Waals surface area contributed by atoms with E-state index in [2.05, 4.69) is 111 Å². The Labute approximate surface area is 255 Å². The number of fused-ring (bicyclic) bond motifs is 2. The van der Waals surface area contributed by atoms with E-state index in [9.17, 15) is 4.79 Å². The molecule has 0 bridgehead atoms. The second-order valence-electron chi connectivity index (χ2n) is 9.12. The van der Waals surface area contributed by atoms with Crippen LogP contribution in [0.3, 0.4) is 0 Å². The highest BCUT2D eigenvalue weighted by Crippen LogP contribution is 2.44. The third-order valence-electron chi connectivity index (χ3n) is 6.68. The van der Waals surface area contributed by atoms with Crippen LogP contribution in [0.1, 0.15) is 9.67 Å². The first-order valence-electron chi connectivity index (χ1n) is 12.4. The summed E-state index contributed by atoms with van der Waals surface area (Å²) in [7, 11) is 1.73. The average molecular weight is 659 g/mol. The van der Waals surface area contributed by atoms with Gasteiger partial charge in [-0.2, -0.15) is 0 Å². The van der Waals surface area contributed by atoms with E-state index in [1.165, 1.54) is 30.3 Å². The third kappa shape index (κ3) is 4.70. The predicted molar refractivity (Wildman–Crippen MR) is 178 cm³/mol. The summed E-state index contributed by atoms with van der Waals surface area (Å²) in [6.07, 6.45) is 0.926. The number of methoxy groups -OCH3 is 1. The second-order valence-corrected chi connectivity index (χ2v) is 14.2. The van der Waals surface area contributed by atoms with Crippen LogP contribution in [0.4, 0.5) is 17.1 Å². The van der Waals surface area contributed by atoms with Crippen molar-refractivity contribution in [2.75, 3.05) is 12.0 Å². The lowest BCUT2D eigenvalue weighted by molar-refractivity contribution is 0.112. The van der Waals surface area contributed by atoms with Gasteiger partial charge in [-0.15, -0.1) is 45.3 Å². The van der Waals surface area contributed by atoms with E-state index < -0.39 is 0 Å². The molecule has 3 aromatic carbocycles. The minimum Gasteiger partial charge on any atom is -0.494 e. The second kappa shape index (κ2) is 10.6. The quantitative estimate of drug-likeness (QED) is 0.160. The molecule has 4 heterocycles. The number of carbonyl (C=O) groups excluding carboxylic acids is 1. The van der Waals surface area contributed by atoms with Gasteiger partial charge in [-0.1, -0.05) is 40.2 Å². The standard InChI is InChI=1S/C32H20BrNO2S4/c1-36-26-18-37-31-16-28(40-32(26)31)20-4-10-23(11-5-20)34(24-12-6-21(33)7-13-24)22-8-2-19(3-9-22)27-15-30-29(39-27)14-25(17-35)38-30/h2-18H,1H3. The molecule has 0 aliphatic carbocycles. The topological polar surface area (TPSA) is 29.5 Å². The largest absolute Gasteiger partial charge is 0.494 e. The van der Waals surface area contributed by atoms with Crippen LogP contribution in [-0.4, -0.2) is 13.4 Å². The van der Waals surface area contributed by atoms with Crippen molar-refractivity contribution >= 4 is 103 Å². The number of hydrogen-bond donors (Lipinski definition) is 0. The van der Waals surface area contributed by atoms with Crippen molar-refractivity contribution < 1.29 is 9.53 Å². The molecule has 0 saturated heterocycles. The van der Waals surface area contributed by atoms with Gasteiger partial charge in [0.15, 0.2) is 6.29 Å². The summed E-state index contributed by atoms with van der Waals surface area (Å²) in [5, 5.41) is 2.07. The molecule has 0 atom stereocenters. The molecule has 0 aliphatic heterocycles. The first-order valence-corrected chi connectivity index (χ1v) is 16.5. The minimum atomic E-state index is 0.776. The van der Waals surface area contributed by atoms with Gasteiger partial charge in [-0.05, 0) is 77.9 Å². The Morgan fingerprint density at radius 1 is 0.700 bits per heavy atom. The van der Waals surface area contributed by atoms with Gasteiger partial charge in [-0.3, -0.25) is 4.79 Å². The molecule has 7 aromatic rings. The van der Waals surface area contributed by atoms with Crippen LogP contribution in [-0.2, 0) is 0 Å². The fourth-order valence-electron chi connectivity index (χ4n) is 4.73. The number of rotatable bonds is 7. The van der Waals surface area contributed by atoms with Crippen LogP contribution in [0.25, 0.3) is 39.7 Å². The summed E-state index contributed by atoms with van der Waals surface area (Å²) in [5.41, 5.74) is 5.63. The molecule has 4 aromatic heterocycles. The van der Waals surface area contributed by atoms with E-state index in [1.807, 2.05) is 6.07 Å². The number of halogens is 1. The number of ether oxygens (including phenoxy) is 1. The summed E-state index contributed by atoms with van der Waals surface area (Å²) in [6, 6.07) is 32.3. The maximum atomic E-state index is 11.1. The van der Waals surface area contributed by atoms with E-state index in [4.69, 9.17) is 4.74 Å². The minimum absolute atomic E-state index is 0.776. The first-order chi connectivity index (χ1) is 19.6. The summed E-state index contributed by atoms with van der Waals surface area (Å²) < 4.78 is 11.4. The summed E-state index contributed by atoms with van der Waals surface area (Å²) in [4.78, 5) is 16.6. The predicted octanol–water partition coefficient (Wildman–Crippen LogP) is 11.6. The Morgan fingerprint density at radius 3 is 1.82 bits per heavy atom. The Bertz CT molecular complexity index is 1930. The van der Waals surface area contributed by atoms with Crippen LogP contribution >= 0.6 is 61.3 Å². The normalized spacial score (nSPS) is 11.3. The molecule has 0 spiro atoms. The van der Waals surface area contributed by atoms with Gasteiger partial charge in [0.1, 0.15) is 5.75 Å². The highest BCUT2D eigenvalue weighted by molar-refractivity contribution is 9.10. The molecule has 0 N–H and O–H groups in total. The highest BCUT2D eigenvalue weighted by atomic mass is 79.9. The molecule has 3 nitrogen and oxygen atoms in total. The smallest absolute Gasteiger partial charge is 0.160 e. The van der Waals surface area contributed by atoms with Gasteiger partial charge in [0.2, 0.25) is 0 Å². The molecular weight excluding hydrogens is 639 g/mol. The molecular formula is C32H20BrNO2S4. The highest BCUT2D eigenvalue weighted by Gasteiger charge is 2.16. The van der Waals surface area contributed by atoms with E-state index in [0.29, 0.717) is 0 Å². The summed E-state index contributed by atoms with van der Waals surface area (Å²) in [5.74, 6) is 0.950. The lowest BCUT2D eigenvalue weighted by Gasteiger charge is -2.26. The van der Waals surface area contributed by atoms with Crippen LogP contribution in [0.2, 0.25) is 0 Å². The molecule has 0 fully saturated rings. The molecule has 0 amide bonds. The van der Waals surface area contributed by atoms with Gasteiger partial charge < -0.3 is 9.64 Å². The van der Waals surface area contributed by atoms with E-state index in [0.717, 1.165) is 47.8 Å². The Morgan fingerprint density at radius 2 is 1.25 bits per heavy atom. The van der Waals surface area contributed by atoms with Crippen molar-refractivity contribution in [3.63, 3.8) is 0 Å². The Kier molecular flexibility index (Phi) is 6.81. The third-order valence-corrected chi connectivity index (χ3v) is 11.7. The van der Waals surface area contributed by atoms with E-state index in [-0.39, 0.29) is 0 Å². The van der Waals surface area contributed by atoms with E-state index in [1.54, 1.807) is 52.5 Å². The first kappa shape index (κ1) is 25.7. The zero-order valence-electron chi connectivity index (χ0n) is 21.1. The number of thiophene rings is 4. The SMILES string of the molecule is COc1csc2cc(-c3ccc(N(c4ccc(Br)cc4)c4ccc(-c5cc6sc(C=O)cc6s5)cc4)cc3)sc12. The van der Waals surface area contributed by atoms with Gasteiger partial charge in [-0.25, -0.2) is 0 Å². The molecule has 0 aliphatic rings. The van der Waals surface area contributed by atoms with Crippen LogP contribution < -0.4 is 9.64 Å². The van der Waals surface area contributed by atoms with Crippen LogP contribution in [0.15, 0.2) is 101 Å². The zero-order chi connectivity index (χ0) is 27.2. The van der Waals surface area contributed by atoms with Crippen molar-refractivity contribution in [3.8, 4) is 26.6 Å². The van der Waals surface area contributed by atoms with Crippen molar-refractivity contribution in [3.05, 3.63) is 106 Å². The Hall–Kier alpha value is -3.27. The lowest BCUT2D eigenvalue weighted by Crippen LogP contribution is -2.09. The molecule has 0 unspecified atom stereocenters. The molecule has 40 heavy (non-hydrogen) atoms. The van der Waals surface area contributed by atoms with Crippen molar-refractivity contribution in [2.24, 2.45) is 0 Å². The molecule has 196 valence electrons. The van der Waals surface area contributed by atoms with Crippen LogP contribution in [0.5, 0.6) is 5.75 Å².